The van der Waals surface area contributed by atoms with Gasteiger partial charge < -0.3 is 4.74 Å². The second kappa shape index (κ2) is 5.49. The third-order valence-corrected chi connectivity index (χ3v) is 2.46. The van der Waals surface area contributed by atoms with Crippen LogP contribution in [-0.2, 0) is 9.53 Å². The number of halogens is 11. The Morgan fingerprint density at radius 1 is 0.909 bits per heavy atom. The van der Waals surface area contributed by atoms with Gasteiger partial charge in [0.05, 0.1) is 0 Å². The van der Waals surface area contributed by atoms with Crippen molar-refractivity contribution in [2.24, 2.45) is 0 Å². The number of hydrogen-bond donors (Lipinski definition) is 0. The highest BCUT2D eigenvalue weighted by molar-refractivity contribution is 5.81. The van der Waals surface area contributed by atoms with Gasteiger partial charge in [0, 0.05) is 0 Å². The molecule has 0 N–H and O–H groups in total. The van der Waals surface area contributed by atoms with E-state index < -0.39 is 41.9 Å². The van der Waals surface area contributed by atoms with Gasteiger partial charge in [-0.3, -0.25) is 4.79 Å². The Hall–Kier alpha value is -1.14. The smallest absolute Gasteiger partial charge is 0.307 e. The van der Waals surface area contributed by atoms with Crippen LogP contribution in [-0.4, -0.2) is 41.9 Å². The fourth-order valence-electron chi connectivity index (χ4n) is 1.34. The molecule has 22 heavy (non-hydrogen) atoms. The first kappa shape index (κ1) is 20.9. The van der Waals surface area contributed by atoms with E-state index in [2.05, 4.69) is 4.74 Å². The van der Waals surface area contributed by atoms with Crippen molar-refractivity contribution in [1.82, 2.24) is 0 Å². The molecule has 0 saturated carbocycles. The van der Waals surface area contributed by atoms with Crippen LogP contribution >= 0.6 is 0 Å². The average molecular weight is 356 g/mol. The zero-order chi connectivity index (χ0) is 18.4. The van der Waals surface area contributed by atoms with E-state index in [9.17, 15) is 53.1 Å². The molecular formula is C9H7F11O2. The van der Waals surface area contributed by atoms with Gasteiger partial charge >= 0.3 is 30.2 Å². The molecule has 0 saturated heterocycles. The number of rotatable bonds is 5. The van der Waals surface area contributed by atoms with E-state index in [-0.39, 0.29) is 13.8 Å². The van der Waals surface area contributed by atoms with Crippen LogP contribution in [0.2, 0.25) is 0 Å². The molecule has 0 bridgehead atoms. The summed E-state index contributed by atoms with van der Waals surface area (Å²) in [6, 6.07) is -3.84. The molecule has 0 aliphatic heterocycles. The zero-order valence-electron chi connectivity index (χ0n) is 10.6. The Kier molecular flexibility index (Phi) is 5.21. The van der Waals surface area contributed by atoms with Gasteiger partial charge in [0.2, 0.25) is 0 Å². The Morgan fingerprint density at radius 3 is 1.50 bits per heavy atom. The van der Waals surface area contributed by atoms with Crippen molar-refractivity contribution in [3.05, 3.63) is 0 Å². The topological polar surface area (TPSA) is 26.3 Å². The summed E-state index contributed by atoms with van der Waals surface area (Å²) in [6.07, 6.45) is -23.9. The molecule has 0 spiro atoms. The Labute approximate surface area is 115 Å². The molecule has 0 fully saturated rings. The van der Waals surface area contributed by atoms with E-state index in [1.165, 1.54) is 0 Å². The number of carbonyl (C=O) groups is 1. The van der Waals surface area contributed by atoms with Crippen LogP contribution in [0.5, 0.6) is 0 Å². The second-order valence-electron chi connectivity index (χ2n) is 4.51. The Balaban J connectivity index is 5.80. The Morgan fingerprint density at radius 2 is 1.27 bits per heavy atom. The van der Waals surface area contributed by atoms with E-state index in [1.54, 1.807) is 0 Å². The number of hydrogen-bond acceptors (Lipinski definition) is 2. The molecule has 2 nitrogen and oxygen atoms in total. The maximum Gasteiger partial charge on any atom is 0.435 e. The van der Waals surface area contributed by atoms with E-state index in [4.69, 9.17) is 0 Å². The van der Waals surface area contributed by atoms with Crippen molar-refractivity contribution < 1.29 is 57.8 Å². The normalized spacial score (nSPS) is 18.8. The van der Waals surface area contributed by atoms with Crippen molar-refractivity contribution in [2.45, 2.75) is 49.8 Å². The Bertz CT molecular complexity index is 424. The van der Waals surface area contributed by atoms with E-state index in [0.717, 1.165) is 0 Å². The third kappa shape index (κ3) is 3.60. The lowest BCUT2D eigenvalue weighted by atomic mass is 9.87. The summed E-state index contributed by atoms with van der Waals surface area (Å²) in [7, 11) is 0. The second-order valence-corrected chi connectivity index (χ2v) is 4.51. The van der Waals surface area contributed by atoms with Gasteiger partial charge in [-0.1, -0.05) is 0 Å². The molecule has 0 aliphatic carbocycles. The first-order valence-electron chi connectivity index (χ1n) is 5.05. The molecule has 0 aromatic heterocycles. The summed E-state index contributed by atoms with van der Waals surface area (Å²) in [4.78, 5) is 10.2. The van der Waals surface area contributed by atoms with Gasteiger partial charge in [-0.15, -0.1) is 0 Å². The van der Waals surface area contributed by atoms with Gasteiger partial charge in [-0.25, -0.2) is 8.78 Å². The van der Waals surface area contributed by atoms with Crippen LogP contribution in [0.3, 0.4) is 0 Å². The first-order valence-corrected chi connectivity index (χ1v) is 5.05. The predicted molar refractivity (Wildman–Crippen MR) is 47.1 cm³/mol. The van der Waals surface area contributed by atoms with Gasteiger partial charge in [0.25, 0.3) is 6.17 Å². The highest BCUT2D eigenvalue weighted by atomic mass is 19.4. The number of ether oxygens (including phenoxy) is 1. The molecule has 0 radical (unpaired) electrons. The molecule has 0 aliphatic rings. The molecule has 132 valence electrons. The molecule has 0 rings (SSSR count). The van der Waals surface area contributed by atoms with Crippen molar-refractivity contribution in [3.63, 3.8) is 0 Å². The van der Waals surface area contributed by atoms with Gasteiger partial charge in [0.15, 0.2) is 0 Å². The molecule has 13 heteroatoms. The number of carbonyl (C=O) groups excluding carboxylic acids is 1. The number of alkyl halides is 10. The lowest BCUT2D eigenvalue weighted by Gasteiger charge is -2.40. The fraction of sp³-hybridized carbons (Fsp3) is 0.889. The zero-order valence-corrected chi connectivity index (χ0v) is 10.6. The van der Waals surface area contributed by atoms with Crippen molar-refractivity contribution in [3.8, 4) is 0 Å². The lowest BCUT2D eigenvalue weighted by molar-refractivity contribution is -0.389. The summed E-state index contributed by atoms with van der Waals surface area (Å²) >= 11 is 0. The molecule has 0 aromatic carbocycles. The predicted octanol–water partition coefficient (Wildman–Crippen LogP) is 4.04. The van der Waals surface area contributed by atoms with Crippen molar-refractivity contribution in [1.29, 1.82) is 0 Å². The fourth-order valence-corrected chi connectivity index (χ4v) is 1.34. The minimum absolute atomic E-state index is 0.283. The van der Waals surface area contributed by atoms with Crippen LogP contribution in [0.1, 0.15) is 13.8 Å². The first-order chi connectivity index (χ1) is 9.31. The summed E-state index contributed by atoms with van der Waals surface area (Å²) in [5.74, 6) is 0. The quantitative estimate of drug-likeness (QED) is 0.549. The summed E-state index contributed by atoms with van der Waals surface area (Å²) in [5, 5.41) is 0. The van der Waals surface area contributed by atoms with E-state index >= 15 is 0 Å². The molecular weight excluding hydrogens is 349 g/mol. The largest absolute Gasteiger partial charge is 0.435 e. The molecule has 0 amide bonds. The summed E-state index contributed by atoms with van der Waals surface area (Å²) < 4.78 is 140. The van der Waals surface area contributed by atoms with Gasteiger partial charge in [-0.05, 0) is 13.8 Å². The highest BCUT2D eigenvalue weighted by Gasteiger charge is 2.74. The van der Waals surface area contributed by atoms with Crippen LogP contribution < -0.4 is 0 Å². The minimum Gasteiger partial charge on any atom is -0.307 e. The standard InChI is InChI=1S/C9H7F11O2/c1-5(2,6(12,4(11)21)9(18,19)20)22-8(16,17)3(10)7(13,14)15/h3H,1-2H3. The van der Waals surface area contributed by atoms with Gasteiger partial charge in [-0.2, -0.15) is 39.5 Å². The maximum atomic E-state index is 13.6. The van der Waals surface area contributed by atoms with Gasteiger partial charge in [0.1, 0.15) is 5.60 Å². The van der Waals surface area contributed by atoms with Crippen LogP contribution in [0.15, 0.2) is 0 Å². The summed E-state index contributed by atoms with van der Waals surface area (Å²) in [5.41, 5.74) is -9.95. The molecule has 0 heterocycles. The summed E-state index contributed by atoms with van der Waals surface area (Å²) in [6.45, 7) is -0.566. The third-order valence-electron chi connectivity index (χ3n) is 2.46. The van der Waals surface area contributed by atoms with Crippen molar-refractivity contribution >= 4 is 6.04 Å². The molecule has 2 atom stereocenters. The van der Waals surface area contributed by atoms with E-state index in [1.807, 2.05) is 0 Å². The molecule has 0 aromatic rings. The van der Waals surface area contributed by atoms with Crippen molar-refractivity contribution in [2.75, 3.05) is 0 Å². The maximum absolute atomic E-state index is 13.6. The highest BCUT2D eigenvalue weighted by Crippen LogP contribution is 2.48. The van der Waals surface area contributed by atoms with Crippen LogP contribution in [0.25, 0.3) is 0 Å². The van der Waals surface area contributed by atoms with Crippen LogP contribution in [0, 0.1) is 0 Å². The minimum atomic E-state index is -6.46. The monoisotopic (exact) mass is 356 g/mol. The van der Waals surface area contributed by atoms with Crippen LogP contribution in [0.4, 0.5) is 48.3 Å². The molecule has 2 unspecified atom stereocenters. The lowest BCUT2D eigenvalue weighted by Crippen LogP contribution is -2.65. The SMILES string of the molecule is CC(C)(OC(F)(F)C(F)C(F)(F)F)C(F)(C(=O)F)C(F)(F)F. The van der Waals surface area contributed by atoms with E-state index in [0.29, 0.717) is 0 Å². The average Bonchev–Trinajstić information content (AvgIpc) is 2.21.